The van der Waals surface area contributed by atoms with Crippen molar-refractivity contribution >= 4 is 17.6 Å². The van der Waals surface area contributed by atoms with Gasteiger partial charge in [-0.1, -0.05) is 13.8 Å². The first-order valence-corrected chi connectivity index (χ1v) is 10.7. The molecule has 1 aliphatic heterocycles. The van der Waals surface area contributed by atoms with E-state index in [2.05, 4.69) is 10.4 Å². The lowest BCUT2D eigenvalue weighted by Gasteiger charge is -2.18. The highest BCUT2D eigenvalue weighted by Crippen LogP contribution is 2.33. The number of carboxylic acids is 1. The highest BCUT2D eigenvalue weighted by atomic mass is 19.4. The molecule has 0 spiro atoms. The van der Waals surface area contributed by atoms with E-state index in [1.165, 1.54) is 10.9 Å². The third kappa shape index (κ3) is 6.47. The average Bonchev–Trinajstić information content (AvgIpc) is 3.32. The SMILES string of the molecule is CC(C)Cn1cc(COc2ccc3c(c2)CCN3C(=O)CNCCC(=O)O)c(C(F)(F)F)n1. The van der Waals surface area contributed by atoms with Crippen LogP contribution in [0.2, 0.25) is 0 Å². The van der Waals surface area contributed by atoms with Crippen LogP contribution in [0.1, 0.15) is 37.1 Å². The number of alkyl halides is 3. The number of hydrogen-bond acceptors (Lipinski definition) is 5. The molecule has 0 saturated carbocycles. The first kappa shape index (κ1) is 24.6. The maximum Gasteiger partial charge on any atom is 0.435 e. The predicted molar refractivity (Wildman–Crippen MR) is 114 cm³/mol. The van der Waals surface area contributed by atoms with Gasteiger partial charge in [0, 0.05) is 37.1 Å². The van der Waals surface area contributed by atoms with Crippen LogP contribution < -0.4 is 15.0 Å². The minimum Gasteiger partial charge on any atom is -0.489 e. The number of carbonyl (C=O) groups excluding carboxylic acids is 1. The van der Waals surface area contributed by atoms with Gasteiger partial charge in [0.25, 0.3) is 0 Å². The standard InChI is InChI=1S/C22H27F3N4O4/c1-14(2)11-28-12-16(21(27-28)22(23,24)25)13-33-17-3-4-18-15(9-17)6-8-29(18)19(30)10-26-7-5-20(31)32/h3-4,9,12,14,26H,5-8,10-11,13H2,1-2H3,(H,31,32). The quantitative estimate of drug-likeness (QED) is 0.521. The Bertz CT molecular complexity index is 1000. The molecule has 2 heterocycles. The summed E-state index contributed by atoms with van der Waals surface area (Å²) < 4.78 is 47.1. The monoisotopic (exact) mass is 468 g/mol. The molecule has 0 fully saturated rings. The van der Waals surface area contributed by atoms with E-state index in [0.29, 0.717) is 30.9 Å². The van der Waals surface area contributed by atoms with Crippen molar-refractivity contribution in [3.63, 3.8) is 0 Å². The summed E-state index contributed by atoms with van der Waals surface area (Å²) in [5, 5.41) is 15.1. The van der Waals surface area contributed by atoms with Gasteiger partial charge in [-0.3, -0.25) is 14.3 Å². The number of carboxylic acid groups (broad SMARTS) is 1. The van der Waals surface area contributed by atoms with Crippen molar-refractivity contribution in [2.75, 3.05) is 24.5 Å². The van der Waals surface area contributed by atoms with Crippen LogP contribution in [0.4, 0.5) is 18.9 Å². The number of hydrogen-bond donors (Lipinski definition) is 2. The fraction of sp³-hybridized carbons (Fsp3) is 0.500. The molecule has 0 saturated heterocycles. The van der Waals surface area contributed by atoms with Crippen LogP contribution in [0.3, 0.4) is 0 Å². The molecule has 8 nitrogen and oxygen atoms in total. The molecule has 33 heavy (non-hydrogen) atoms. The van der Waals surface area contributed by atoms with Crippen LogP contribution in [0.15, 0.2) is 24.4 Å². The minimum atomic E-state index is -4.57. The molecule has 0 bridgehead atoms. The number of nitrogens with one attached hydrogen (secondary N) is 1. The van der Waals surface area contributed by atoms with Gasteiger partial charge < -0.3 is 20.1 Å². The van der Waals surface area contributed by atoms with Crippen molar-refractivity contribution in [2.24, 2.45) is 5.92 Å². The number of halogens is 3. The summed E-state index contributed by atoms with van der Waals surface area (Å²) in [6.45, 7) is 4.58. The van der Waals surface area contributed by atoms with Gasteiger partial charge in [-0.2, -0.15) is 18.3 Å². The molecule has 1 aromatic carbocycles. The van der Waals surface area contributed by atoms with Gasteiger partial charge in [0.2, 0.25) is 5.91 Å². The zero-order valence-corrected chi connectivity index (χ0v) is 18.5. The van der Waals surface area contributed by atoms with Gasteiger partial charge in [-0.25, -0.2) is 0 Å². The third-order valence-electron chi connectivity index (χ3n) is 5.09. The molecule has 2 N–H and O–H groups in total. The summed E-state index contributed by atoms with van der Waals surface area (Å²) in [4.78, 5) is 24.6. The molecule has 3 rings (SSSR count). The van der Waals surface area contributed by atoms with Crippen LogP contribution in [0.5, 0.6) is 5.75 Å². The number of amides is 1. The maximum absolute atomic E-state index is 13.4. The number of rotatable bonds is 10. The highest BCUT2D eigenvalue weighted by Gasteiger charge is 2.37. The van der Waals surface area contributed by atoms with E-state index in [1.54, 1.807) is 23.1 Å². The summed E-state index contributed by atoms with van der Waals surface area (Å²) in [5.41, 5.74) is 0.593. The normalized spacial score (nSPS) is 13.5. The molecule has 2 aromatic rings. The van der Waals surface area contributed by atoms with Crippen LogP contribution in [-0.4, -0.2) is 46.4 Å². The van der Waals surface area contributed by atoms with Gasteiger partial charge in [0.15, 0.2) is 5.69 Å². The zero-order chi connectivity index (χ0) is 24.2. The van der Waals surface area contributed by atoms with E-state index >= 15 is 0 Å². The van der Waals surface area contributed by atoms with E-state index in [9.17, 15) is 22.8 Å². The number of nitrogens with zero attached hydrogens (tertiary/aromatic N) is 3. The lowest BCUT2D eigenvalue weighted by Crippen LogP contribution is -2.37. The minimum absolute atomic E-state index is 0.0194. The number of anilines is 1. The highest BCUT2D eigenvalue weighted by molar-refractivity contribution is 5.96. The Hall–Kier alpha value is -3.08. The summed E-state index contributed by atoms with van der Waals surface area (Å²) in [7, 11) is 0. The molecule has 11 heteroatoms. The second-order valence-electron chi connectivity index (χ2n) is 8.31. The lowest BCUT2D eigenvalue weighted by atomic mass is 10.1. The number of benzene rings is 1. The van der Waals surface area contributed by atoms with Crippen LogP contribution in [-0.2, 0) is 35.3 Å². The predicted octanol–water partition coefficient (Wildman–Crippen LogP) is 3.09. The average molecular weight is 468 g/mol. The Morgan fingerprint density at radius 3 is 2.73 bits per heavy atom. The fourth-order valence-electron chi connectivity index (χ4n) is 3.65. The molecule has 180 valence electrons. The van der Waals surface area contributed by atoms with Crippen molar-refractivity contribution in [3.8, 4) is 5.75 Å². The van der Waals surface area contributed by atoms with Crippen molar-refractivity contribution in [1.29, 1.82) is 0 Å². The molecule has 1 aromatic heterocycles. The second-order valence-corrected chi connectivity index (χ2v) is 8.31. The van der Waals surface area contributed by atoms with Crippen molar-refractivity contribution in [2.45, 2.75) is 46.0 Å². The van der Waals surface area contributed by atoms with Crippen molar-refractivity contribution in [3.05, 3.63) is 41.2 Å². The van der Waals surface area contributed by atoms with Crippen LogP contribution in [0.25, 0.3) is 0 Å². The lowest BCUT2D eigenvalue weighted by molar-refractivity contribution is -0.142. The second kappa shape index (κ2) is 10.2. The fourth-order valence-corrected chi connectivity index (χ4v) is 3.65. The summed E-state index contributed by atoms with van der Waals surface area (Å²) in [6.07, 6.45) is -2.68. The van der Waals surface area contributed by atoms with Gasteiger partial charge >= 0.3 is 12.1 Å². The topological polar surface area (TPSA) is 96.7 Å². The Balaban J connectivity index is 1.64. The van der Waals surface area contributed by atoms with E-state index in [1.807, 2.05) is 13.8 Å². The number of fused-ring (bicyclic) bond motifs is 1. The Morgan fingerprint density at radius 1 is 1.30 bits per heavy atom. The Kier molecular flexibility index (Phi) is 7.62. The van der Waals surface area contributed by atoms with Crippen molar-refractivity contribution in [1.82, 2.24) is 15.1 Å². The summed E-state index contributed by atoms with van der Waals surface area (Å²) in [5.74, 6) is -0.564. The summed E-state index contributed by atoms with van der Waals surface area (Å²) in [6, 6.07) is 5.06. The smallest absolute Gasteiger partial charge is 0.435 e. The van der Waals surface area contributed by atoms with Gasteiger partial charge in [0.1, 0.15) is 12.4 Å². The van der Waals surface area contributed by atoms with E-state index in [-0.39, 0.29) is 43.5 Å². The van der Waals surface area contributed by atoms with Gasteiger partial charge in [-0.05, 0) is 36.1 Å². The number of carbonyl (C=O) groups is 2. The number of aromatic nitrogens is 2. The van der Waals surface area contributed by atoms with Crippen molar-refractivity contribution < 1.29 is 32.6 Å². The molecule has 0 aliphatic carbocycles. The molecule has 0 unspecified atom stereocenters. The molecular weight excluding hydrogens is 441 g/mol. The maximum atomic E-state index is 13.4. The Labute approximate surface area is 189 Å². The molecule has 0 atom stereocenters. The van der Waals surface area contributed by atoms with E-state index in [4.69, 9.17) is 9.84 Å². The van der Waals surface area contributed by atoms with Crippen LogP contribution >= 0.6 is 0 Å². The number of ether oxygens (including phenoxy) is 1. The molecule has 1 aliphatic rings. The first-order chi connectivity index (χ1) is 15.5. The molecule has 0 radical (unpaired) electrons. The van der Waals surface area contributed by atoms with E-state index < -0.39 is 17.8 Å². The first-order valence-electron chi connectivity index (χ1n) is 10.7. The van der Waals surface area contributed by atoms with Gasteiger partial charge in [-0.15, -0.1) is 0 Å². The Morgan fingerprint density at radius 2 is 2.06 bits per heavy atom. The third-order valence-corrected chi connectivity index (χ3v) is 5.09. The molecule has 1 amide bonds. The largest absolute Gasteiger partial charge is 0.489 e. The van der Waals surface area contributed by atoms with Gasteiger partial charge in [0.05, 0.1) is 13.0 Å². The summed E-state index contributed by atoms with van der Waals surface area (Å²) >= 11 is 0. The zero-order valence-electron chi connectivity index (χ0n) is 18.5. The van der Waals surface area contributed by atoms with E-state index in [0.717, 1.165) is 5.56 Å². The van der Waals surface area contributed by atoms with Crippen LogP contribution in [0, 0.1) is 5.92 Å². The molecular formula is C22H27F3N4O4. The number of aliphatic carboxylic acids is 1.